The molecule has 0 radical (unpaired) electrons. The van der Waals surface area contributed by atoms with Gasteiger partial charge in [-0.1, -0.05) is 48.5 Å². The van der Waals surface area contributed by atoms with Gasteiger partial charge in [0.25, 0.3) is 0 Å². The van der Waals surface area contributed by atoms with Crippen LogP contribution in [-0.2, 0) is 31.7 Å². The summed E-state index contributed by atoms with van der Waals surface area (Å²) >= 11 is 1.65. The van der Waals surface area contributed by atoms with Gasteiger partial charge < -0.3 is 8.98 Å². The highest BCUT2D eigenvalue weighted by atomic mass is 32.2. The molecule has 0 saturated carbocycles. The number of piperidine rings is 1. The van der Waals surface area contributed by atoms with E-state index < -0.39 is 0 Å². The van der Waals surface area contributed by atoms with Crippen LogP contribution >= 0.6 is 11.8 Å². The fourth-order valence-electron chi connectivity index (χ4n) is 5.34. The Hall–Kier alpha value is -2.90. The molecule has 1 aliphatic heterocycles. The van der Waals surface area contributed by atoms with Crippen LogP contribution in [0.3, 0.4) is 0 Å². The Morgan fingerprint density at radius 1 is 0.886 bits per heavy atom. The van der Waals surface area contributed by atoms with E-state index in [1.165, 1.54) is 42.4 Å². The molecular formula is C28H30N4O2S. The first-order chi connectivity index (χ1) is 17.2. The third-order valence-corrected chi connectivity index (χ3v) is 8.21. The predicted octanol–water partition coefficient (Wildman–Crippen LogP) is 5.20. The second-order valence-electron chi connectivity index (χ2n) is 9.66. The van der Waals surface area contributed by atoms with Gasteiger partial charge in [-0.3, -0.25) is 4.90 Å². The van der Waals surface area contributed by atoms with Crippen molar-refractivity contribution in [2.24, 2.45) is 0 Å². The Morgan fingerprint density at radius 3 is 2.51 bits per heavy atom. The highest BCUT2D eigenvalue weighted by molar-refractivity contribution is 7.98. The summed E-state index contributed by atoms with van der Waals surface area (Å²) in [6.45, 7) is 3.81. The van der Waals surface area contributed by atoms with Gasteiger partial charge in [-0.15, -0.1) is 10.2 Å². The van der Waals surface area contributed by atoms with E-state index in [1.807, 2.05) is 6.07 Å². The van der Waals surface area contributed by atoms with Gasteiger partial charge in [0.1, 0.15) is 11.4 Å². The van der Waals surface area contributed by atoms with Gasteiger partial charge in [0.05, 0.1) is 13.1 Å². The number of fused-ring (bicyclic) bond motifs is 2. The van der Waals surface area contributed by atoms with Crippen LogP contribution in [0.15, 0.2) is 62.9 Å². The van der Waals surface area contributed by atoms with E-state index >= 15 is 0 Å². The Labute approximate surface area is 209 Å². The van der Waals surface area contributed by atoms with Crippen LogP contribution < -0.4 is 5.63 Å². The predicted molar refractivity (Wildman–Crippen MR) is 139 cm³/mol. The van der Waals surface area contributed by atoms with Crippen molar-refractivity contribution in [3.63, 3.8) is 0 Å². The molecule has 0 atom stereocenters. The van der Waals surface area contributed by atoms with Crippen LogP contribution in [0.5, 0.6) is 0 Å². The smallest absolute Gasteiger partial charge is 0.336 e. The molecule has 1 fully saturated rings. The molecule has 180 valence electrons. The number of thioether (sulfide) groups is 1. The molecule has 35 heavy (non-hydrogen) atoms. The quantitative estimate of drug-likeness (QED) is 0.264. The zero-order chi connectivity index (χ0) is 23.6. The first kappa shape index (κ1) is 22.6. The maximum atomic E-state index is 12.3. The number of aromatic nitrogens is 3. The fourth-order valence-corrected chi connectivity index (χ4v) is 6.29. The summed E-state index contributed by atoms with van der Waals surface area (Å²) < 4.78 is 7.82. The van der Waals surface area contributed by atoms with Crippen LogP contribution in [0.2, 0.25) is 0 Å². The molecule has 4 aromatic rings. The molecule has 2 aromatic heterocycles. The van der Waals surface area contributed by atoms with Gasteiger partial charge in [-0.05, 0) is 79.6 Å². The van der Waals surface area contributed by atoms with Crippen LogP contribution in [0.1, 0.15) is 53.8 Å². The van der Waals surface area contributed by atoms with Crippen molar-refractivity contribution in [1.82, 2.24) is 19.7 Å². The number of likely N-dealkylation sites (tertiary alicyclic amines) is 1. The second kappa shape index (κ2) is 9.99. The van der Waals surface area contributed by atoms with Gasteiger partial charge >= 0.3 is 5.63 Å². The van der Waals surface area contributed by atoms with E-state index in [0.29, 0.717) is 11.3 Å². The lowest BCUT2D eigenvalue weighted by molar-refractivity contribution is 0.213. The first-order valence-electron chi connectivity index (χ1n) is 12.6. The third-order valence-electron chi connectivity index (χ3n) is 7.19. The minimum atomic E-state index is -0.289. The summed E-state index contributed by atoms with van der Waals surface area (Å²) in [5, 5.41) is 11.2. The van der Waals surface area contributed by atoms with Crippen molar-refractivity contribution in [2.45, 2.75) is 62.5 Å². The molecule has 1 saturated heterocycles. The molecule has 0 N–H and O–H groups in total. The molecular weight excluding hydrogens is 456 g/mol. The lowest BCUT2D eigenvalue weighted by Gasteiger charge is -2.26. The number of hydrogen-bond acceptors (Lipinski definition) is 6. The van der Waals surface area contributed by atoms with Gasteiger partial charge in [0.15, 0.2) is 5.16 Å². The molecule has 7 heteroatoms. The molecule has 3 heterocycles. The highest BCUT2D eigenvalue weighted by Gasteiger charge is 2.19. The normalized spacial score (nSPS) is 16.1. The number of nitrogens with zero attached hydrogens (tertiary/aromatic N) is 4. The van der Waals surface area contributed by atoms with E-state index in [9.17, 15) is 4.79 Å². The molecule has 6 rings (SSSR count). The van der Waals surface area contributed by atoms with Crippen LogP contribution in [0.4, 0.5) is 0 Å². The minimum absolute atomic E-state index is 0.289. The summed E-state index contributed by atoms with van der Waals surface area (Å²) in [6, 6.07) is 16.4. The molecule has 0 amide bonds. The summed E-state index contributed by atoms with van der Waals surface area (Å²) in [4.78, 5) is 14.8. The number of hydrogen-bond donors (Lipinski definition) is 0. The summed E-state index contributed by atoms with van der Waals surface area (Å²) in [5.41, 5.74) is 5.34. The van der Waals surface area contributed by atoms with Gasteiger partial charge in [0.2, 0.25) is 0 Å². The van der Waals surface area contributed by atoms with Crippen molar-refractivity contribution in [2.75, 3.05) is 13.1 Å². The molecule has 1 aliphatic carbocycles. The molecule has 0 spiro atoms. The minimum Gasteiger partial charge on any atom is -0.423 e. The standard InChI is InChI=1S/C28H30N4O2S/c33-27-16-23(24-14-21-10-7-11-22(21)15-25(24)34-27)19-35-28-30-29-26(18-31-12-5-2-6-13-31)32(28)17-20-8-3-1-4-9-20/h1,3-4,8-9,14-16H,2,5-7,10-13,17-19H2. The molecule has 2 aromatic carbocycles. The second-order valence-corrected chi connectivity index (χ2v) is 10.6. The fraction of sp³-hybridized carbons (Fsp3) is 0.393. The van der Waals surface area contributed by atoms with E-state index in [1.54, 1.807) is 17.8 Å². The van der Waals surface area contributed by atoms with Crippen molar-refractivity contribution >= 4 is 22.7 Å². The van der Waals surface area contributed by atoms with E-state index in [-0.39, 0.29) is 5.63 Å². The van der Waals surface area contributed by atoms with E-state index in [4.69, 9.17) is 4.42 Å². The van der Waals surface area contributed by atoms with E-state index in [0.717, 1.165) is 61.0 Å². The summed E-state index contributed by atoms with van der Waals surface area (Å²) in [5.74, 6) is 1.66. The first-order valence-corrected chi connectivity index (χ1v) is 13.6. The third kappa shape index (κ3) is 4.93. The largest absolute Gasteiger partial charge is 0.423 e. The molecule has 6 nitrogen and oxygen atoms in total. The van der Waals surface area contributed by atoms with E-state index in [2.05, 4.69) is 56.1 Å². The van der Waals surface area contributed by atoms with Gasteiger partial charge in [-0.2, -0.15) is 0 Å². The Bertz CT molecular complexity index is 1390. The number of aryl methyl sites for hydroxylation is 2. The topological polar surface area (TPSA) is 64.2 Å². The maximum absolute atomic E-state index is 12.3. The average molecular weight is 487 g/mol. The Morgan fingerprint density at radius 2 is 1.69 bits per heavy atom. The van der Waals surface area contributed by atoms with Crippen LogP contribution in [0.25, 0.3) is 11.0 Å². The number of benzene rings is 2. The molecule has 2 aliphatic rings. The van der Waals surface area contributed by atoms with Crippen molar-refractivity contribution < 1.29 is 4.42 Å². The van der Waals surface area contributed by atoms with Crippen LogP contribution in [-0.4, -0.2) is 32.8 Å². The zero-order valence-corrected chi connectivity index (χ0v) is 20.7. The molecule has 0 unspecified atom stereocenters. The zero-order valence-electron chi connectivity index (χ0n) is 19.9. The Balaban J connectivity index is 1.30. The van der Waals surface area contributed by atoms with Gasteiger partial charge in [-0.25, -0.2) is 4.79 Å². The summed E-state index contributed by atoms with van der Waals surface area (Å²) in [6.07, 6.45) is 7.15. The van der Waals surface area contributed by atoms with Crippen molar-refractivity contribution in [1.29, 1.82) is 0 Å². The highest BCUT2D eigenvalue weighted by Crippen LogP contribution is 2.31. The summed E-state index contributed by atoms with van der Waals surface area (Å²) in [7, 11) is 0. The average Bonchev–Trinajstić information content (AvgIpc) is 3.49. The van der Waals surface area contributed by atoms with Crippen molar-refractivity contribution in [3.8, 4) is 0 Å². The van der Waals surface area contributed by atoms with Crippen molar-refractivity contribution in [3.05, 3.63) is 87.0 Å². The SMILES string of the molecule is O=c1cc(CSc2nnc(CN3CCCCC3)n2Cc2ccccc2)c2cc3c(cc2o1)CCC3. The maximum Gasteiger partial charge on any atom is 0.336 e. The van der Waals surface area contributed by atoms with Crippen LogP contribution in [0, 0.1) is 0 Å². The molecule has 0 bridgehead atoms. The lowest BCUT2D eigenvalue weighted by atomic mass is 10.0. The monoisotopic (exact) mass is 486 g/mol. The Kier molecular flexibility index (Phi) is 6.44. The lowest BCUT2D eigenvalue weighted by Crippen LogP contribution is -2.30. The van der Waals surface area contributed by atoms with Gasteiger partial charge in [0, 0.05) is 17.2 Å². The number of rotatable bonds is 7.